The Kier molecular flexibility index (Phi) is 4.52. The van der Waals surface area contributed by atoms with E-state index in [9.17, 15) is 9.90 Å². The van der Waals surface area contributed by atoms with Crippen LogP contribution in [0.5, 0.6) is 11.5 Å². The van der Waals surface area contributed by atoms with E-state index in [-0.39, 0.29) is 5.75 Å². The van der Waals surface area contributed by atoms with Gasteiger partial charge in [-0.1, -0.05) is 30.3 Å². The molecule has 4 rings (SSSR count). The molecule has 0 aliphatic heterocycles. The second-order valence-electron chi connectivity index (χ2n) is 5.83. The lowest BCUT2D eigenvalue weighted by Gasteiger charge is -2.06. The van der Waals surface area contributed by atoms with Gasteiger partial charge in [-0.3, -0.25) is 4.57 Å². The van der Waals surface area contributed by atoms with Gasteiger partial charge in [-0.15, -0.1) is 11.3 Å². The number of thiophene rings is 1. The highest BCUT2D eigenvalue weighted by molar-refractivity contribution is 7.16. The van der Waals surface area contributed by atoms with Gasteiger partial charge in [0, 0.05) is 12.1 Å². The average Bonchev–Trinajstić information content (AvgIpc) is 3.30. The second-order valence-corrected chi connectivity index (χ2v) is 6.86. The first-order valence-corrected chi connectivity index (χ1v) is 9.02. The number of hydrogen-bond donors (Lipinski definition) is 1. The van der Waals surface area contributed by atoms with E-state index < -0.39 is 5.97 Å². The van der Waals surface area contributed by atoms with Crippen LogP contribution in [0.3, 0.4) is 0 Å². The molecule has 1 N–H and O–H groups in total. The van der Waals surface area contributed by atoms with Crippen LogP contribution in [-0.2, 0) is 11.3 Å². The van der Waals surface area contributed by atoms with Gasteiger partial charge in [-0.05, 0) is 17.7 Å². The maximum Gasteiger partial charge on any atom is 0.351 e. The summed E-state index contributed by atoms with van der Waals surface area (Å²) in [5.74, 6) is 0.142. The molecule has 27 heavy (non-hydrogen) atoms. The molecule has 0 aliphatic carbocycles. The number of carbonyl (C=O) groups excluding carboxylic acids is 1. The van der Waals surface area contributed by atoms with Crippen LogP contribution in [0.1, 0.15) is 15.2 Å². The Hall–Kier alpha value is -3.32. The monoisotopic (exact) mass is 380 g/mol. The molecule has 0 saturated heterocycles. The van der Waals surface area contributed by atoms with Crippen molar-refractivity contribution in [2.24, 2.45) is 0 Å². The van der Waals surface area contributed by atoms with Gasteiger partial charge in [-0.25, -0.2) is 9.78 Å². The summed E-state index contributed by atoms with van der Waals surface area (Å²) in [5.41, 5.74) is 2.48. The number of ether oxygens (including phenoxy) is 2. The highest BCUT2D eigenvalue weighted by atomic mass is 32.1. The van der Waals surface area contributed by atoms with E-state index in [0.717, 1.165) is 21.6 Å². The molecule has 0 unspecified atom stereocenters. The molecule has 0 atom stereocenters. The third-order valence-electron chi connectivity index (χ3n) is 4.06. The second kappa shape index (κ2) is 7.13. The largest absolute Gasteiger partial charge is 0.508 e. The van der Waals surface area contributed by atoms with E-state index in [1.54, 1.807) is 30.6 Å². The lowest BCUT2D eigenvalue weighted by atomic mass is 10.2. The summed E-state index contributed by atoms with van der Waals surface area (Å²) in [6, 6.07) is 16.5. The molecule has 2 aromatic carbocycles. The van der Waals surface area contributed by atoms with Gasteiger partial charge in [0.2, 0.25) is 0 Å². The fraction of sp³-hybridized carbons (Fsp3) is 0.100. The Labute approximate surface area is 159 Å². The predicted octanol–water partition coefficient (Wildman–Crippen LogP) is 4.16. The number of hydrogen-bond acceptors (Lipinski definition) is 6. The zero-order chi connectivity index (χ0) is 18.8. The Morgan fingerprint density at radius 3 is 2.78 bits per heavy atom. The Bertz CT molecular complexity index is 1100. The number of methoxy groups -OCH3 is 1. The SMILES string of the molecule is COC(=O)c1sc(-n2cnc3ccc(O)cc32)cc1OCc1ccccc1. The normalized spacial score (nSPS) is 10.9. The summed E-state index contributed by atoms with van der Waals surface area (Å²) in [7, 11) is 1.34. The van der Waals surface area contributed by atoms with Crippen molar-refractivity contribution in [1.29, 1.82) is 0 Å². The molecular formula is C20H16N2O4S. The summed E-state index contributed by atoms with van der Waals surface area (Å²) in [6.07, 6.45) is 1.65. The summed E-state index contributed by atoms with van der Waals surface area (Å²) < 4.78 is 12.6. The molecular weight excluding hydrogens is 364 g/mol. The number of imidazole rings is 1. The van der Waals surface area contributed by atoms with Crippen molar-refractivity contribution in [3.63, 3.8) is 0 Å². The summed E-state index contributed by atoms with van der Waals surface area (Å²) >= 11 is 1.25. The maximum absolute atomic E-state index is 12.2. The number of fused-ring (bicyclic) bond motifs is 1. The number of nitrogens with zero attached hydrogens (tertiary/aromatic N) is 2. The topological polar surface area (TPSA) is 73.6 Å². The fourth-order valence-corrected chi connectivity index (χ4v) is 3.73. The molecule has 0 radical (unpaired) electrons. The van der Waals surface area contributed by atoms with Gasteiger partial charge in [0.25, 0.3) is 0 Å². The van der Waals surface area contributed by atoms with Gasteiger partial charge in [-0.2, -0.15) is 0 Å². The van der Waals surface area contributed by atoms with Gasteiger partial charge >= 0.3 is 5.97 Å². The molecule has 0 fully saturated rings. The van der Waals surface area contributed by atoms with Crippen LogP contribution in [0.2, 0.25) is 0 Å². The van der Waals surface area contributed by atoms with Crippen LogP contribution in [0, 0.1) is 0 Å². The number of phenols is 1. The first-order valence-electron chi connectivity index (χ1n) is 8.21. The summed E-state index contributed by atoms with van der Waals surface area (Å²) in [6.45, 7) is 0.340. The number of aromatic nitrogens is 2. The zero-order valence-corrected chi connectivity index (χ0v) is 15.3. The molecule has 136 valence electrons. The Balaban J connectivity index is 1.72. The fourth-order valence-electron chi connectivity index (χ4n) is 2.73. The molecule has 6 nitrogen and oxygen atoms in total. The number of carbonyl (C=O) groups is 1. The lowest BCUT2D eigenvalue weighted by Crippen LogP contribution is -2.02. The predicted molar refractivity (Wildman–Crippen MR) is 103 cm³/mol. The highest BCUT2D eigenvalue weighted by Crippen LogP contribution is 2.35. The van der Waals surface area contributed by atoms with E-state index in [4.69, 9.17) is 9.47 Å². The number of rotatable bonds is 5. The van der Waals surface area contributed by atoms with Crippen LogP contribution in [0.4, 0.5) is 0 Å². The molecule has 0 amide bonds. The van der Waals surface area contributed by atoms with Crippen molar-refractivity contribution in [2.75, 3.05) is 7.11 Å². The first-order chi connectivity index (χ1) is 13.2. The number of aromatic hydroxyl groups is 1. The smallest absolute Gasteiger partial charge is 0.351 e. The van der Waals surface area contributed by atoms with Crippen molar-refractivity contribution >= 4 is 28.3 Å². The minimum Gasteiger partial charge on any atom is -0.508 e. The average molecular weight is 380 g/mol. The van der Waals surface area contributed by atoms with E-state index in [1.165, 1.54) is 18.4 Å². The minimum absolute atomic E-state index is 0.148. The van der Waals surface area contributed by atoms with Gasteiger partial charge in [0.15, 0.2) is 4.88 Å². The summed E-state index contributed by atoms with van der Waals surface area (Å²) in [4.78, 5) is 16.9. The molecule has 0 bridgehead atoms. The standard InChI is InChI=1S/C20H16N2O4S/c1-25-20(24)19-17(26-11-13-5-3-2-4-6-13)10-18(27-19)22-12-21-15-8-7-14(23)9-16(15)22/h2-10,12,23H,11H2,1H3. The van der Waals surface area contributed by atoms with Crippen molar-refractivity contribution in [3.8, 4) is 16.5 Å². The van der Waals surface area contributed by atoms with Crippen LogP contribution >= 0.6 is 11.3 Å². The van der Waals surface area contributed by atoms with Crippen molar-refractivity contribution < 1.29 is 19.4 Å². The van der Waals surface area contributed by atoms with E-state index in [2.05, 4.69) is 4.98 Å². The Morgan fingerprint density at radius 1 is 1.19 bits per heavy atom. The molecule has 0 spiro atoms. The minimum atomic E-state index is -0.457. The lowest BCUT2D eigenvalue weighted by molar-refractivity contribution is 0.0601. The molecule has 2 aromatic heterocycles. The maximum atomic E-state index is 12.2. The van der Waals surface area contributed by atoms with Crippen LogP contribution in [0.25, 0.3) is 16.0 Å². The van der Waals surface area contributed by atoms with Gasteiger partial charge < -0.3 is 14.6 Å². The van der Waals surface area contributed by atoms with E-state index in [1.807, 2.05) is 34.9 Å². The number of esters is 1. The first kappa shape index (κ1) is 17.1. The number of phenolic OH excluding ortho intramolecular Hbond substituents is 1. The van der Waals surface area contributed by atoms with Crippen LogP contribution < -0.4 is 4.74 Å². The van der Waals surface area contributed by atoms with Crippen molar-refractivity contribution in [1.82, 2.24) is 9.55 Å². The van der Waals surface area contributed by atoms with E-state index >= 15 is 0 Å². The van der Waals surface area contributed by atoms with Crippen molar-refractivity contribution in [2.45, 2.75) is 6.61 Å². The molecule has 4 aromatic rings. The zero-order valence-electron chi connectivity index (χ0n) is 14.5. The quantitative estimate of drug-likeness (QED) is 0.526. The number of benzene rings is 2. The highest BCUT2D eigenvalue weighted by Gasteiger charge is 2.20. The van der Waals surface area contributed by atoms with Gasteiger partial charge in [0.05, 0.1) is 18.1 Å². The van der Waals surface area contributed by atoms with Gasteiger partial charge in [0.1, 0.15) is 29.4 Å². The molecule has 0 aliphatic rings. The molecule has 0 saturated carbocycles. The third kappa shape index (κ3) is 3.37. The van der Waals surface area contributed by atoms with Crippen LogP contribution in [-0.4, -0.2) is 27.7 Å². The molecule has 7 heteroatoms. The molecule has 2 heterocycles. The van der Waals surface area contributed by atoms with Crippen LogP contribution in [0.15, 0.2) is 60.9 Å². The third-order valence-corrected chi connectivity index (χ3v) is 5.16. The van der Waals surface area contributed by atoms with E-state index in [0.29, 0.717) is 17.2 Å². The summed E-state index contributed by atoms with van der Waals surface area (Å²) in [5, 5.41) is 10.5. The van der Waals surface area contributed by atoms with Crippen molar-refractivity contribution in [3.05, 3.63) is 71.4 Å². The Morgan fingerprint density at radius 2 is 2.00 bits per heavy atom.